The van der Waals surface area contributed by atoms with Gasteiger partial charge >= 0.3 is 11.9 Å². The van der Waals surface area contributed by atoms with Gasteiger partial charge in [0.1, 0.15) is 0 Å². The number of nitrogens with zero attached hydrogens (tertiary/aromatic N) is 1. The fraction of sp³-hybridized carbons (Fsp3) is 0.875. The fourth-order valence-corrected chi connectivity index (χ4v) is 2.15. The van der Waals surface area contributed by atoms with Crippen molar-refractivity contribution in [2.45, 2.75) is 78.1 Å². The van der Waals surface area contributed by atoms with Crippen LogP contribution in [0.25, 0.3) is 0 Å². The van der Waals surface area contributed by atoms with Crippen molar-refractivity contribution >= 4 is 11.9 Å². The summed E-state index contributed by atoms with van der Waals surface area (Å²) in [5.41, 5.74) is 0. The molecule has 0 aliphatic carbocycles. The van der Waals surface area contributed by atoms with E-state index in [4.69, 9.17) is 9.94 Å². The first-order chi connectivity index (χ1) is 10.1. The third-order valence-electron chi connectivity index (χ3n) is 3.46. The van der Waals surface area contributed by atoms with Crippen LogP contribution < -0.4 is 0 Å². The maximum absolute atomic E-state index is 11.5. The Balaban J connectivity index is 0. The van der Waals surface area contributed by atoms with E-state index in [1.807, 2.05) is 13.8 Å². The average molecular weight is 367 g/mol. The number of rotatable bonds is 14. The predicted molar refractivity (Wildman–Crippen MR) is 82.8 cm³/mol. The molecule has 6 heteroatoms. The third-order valence-corrected chi connectivity index (χ3v) is 3.46. The monoisotopic (exact) mass is 365 g/mol. The zero-order valence-electron chi connectivity index (χ0n) is 14.3. The maximum Gasteiger partial charge on any atom is 0.325 e. The van der Waals surface area contributed by atoms with Crippen LogP contribution in [-0.4, -0.2) is 35.2 Å². The molecule has 0 saturated carbocycles. The minimum absolute atomic E-state index is 0. The van der Waals surface area contributed by atoms with Gasteiger partial charge in [-0.15, -0.1) is 5.06 Å². The van der Waals surface area contributed by atoms with Gasteiger partial charge < -0.3 is 9.94 Å². The summed E-state index contributed by atoms with van der Waals surface area (Å²) in [6, 6.07) is 0. The number of carbonyl (C=O) groups excluding carboxylic acids is 1. The van der Waals surface area contributed by atoms with Gasteiger partial charge in [-0.25, -0.2) is 0 Å². The number of hydrogen-bond acceptors (Lipinski definition) is 4. The molecule has 0 aromatic heterocycles. The quantitative estimate of drug-likeness (QED) is 0.288. The van der Waals surface area contributed by atoms with Crippen molar-refractivity contribution in [2.75, 3.05) is 13.1 Å². The van der Waals surface area contributed by atoms with Crippen molar-refractivity contribution < 1.29 is 39.0 Å². The van der Waals surface area contributed by atoms with Gasteiger partial charge in [0.25, 0.3) is 0 Å². The largest absolute Gasteiger partial charge is 0.481 e. The van der Waals surface area contributed by atoms with E-state index in [0.717, 1.165) is 64.5 Å². The average Bonchev–Trinajstić information content (AvgIpc) is 2.46. The van der Waals surface area contributed by atoms with Crippen molar-refractivity contribution in [3.63, 3.8) is 0 Å². The molecule has 0 amide bonds. The van der Waals surface area contributed by atoms with Crippen LogP contribution in [0.2, 0.25) is 0 Å². The first-order valence-corrected chi connectivity index (χ1v) is 8.27. The number of unbranched alkanes of at least 4 members (excludes halogenated alkanes) is 7. The Labute approximate surface area is 147 Å². The van der Waals surface area contributed by atoms with Crippen molar-refractivity contribution in [1.82, 2.24) is 5.06 Å². The van der Waals surface area contributed by atoms with E-state index in [1.165, 1.54) is 0 Å². The van der Waals surface area contributed by atoms with Crippen molar-refractivity contribution in [3.8, 4) is 0 Å². The fourth-order valence-electron chi connectivity index (χ4n) is 2.15. The summed E-state index contributed by atoms with van der Waals surface area (Å²) >= 11 is 0. The van der Waals surface area contributed by atoms with Gasteiger partial charge in [0, 0.05) is 45.4 Å². The Hall–Kier alpha value is -0.477. The molecule has 0 aromatic carbocycles. The standard InChI is InChI=1S/C16H31NO4.Zn/c1-3-17(4-2)21-16(20)14-12-10-8-6-5-7-9-11-13-15(18)19;/h3-14H2,1-2H3,(H,18,19);. The Morgan fingerprint density at radius 1 is 0.818 bits per heavy atom. The Morgan fingerprint density at radius 3 is 1.64 bits per heavy atom. The summed E-state index contributed by atoms with van der Waals surface area (Å²) in [4.78, 5) is 27.0. The number of hydrogen-bond donors (Lipinski definition) is 1. The minimum atomic E-state index is -0.702. The van der Waals surface area contributed by atoms with Crippen LogP contribution in [0, 0.1) is 0 Å². The Bertz CT molecular complexity index is 283. The molecular formula is C16H31NO4Zn. The predicted octanol–water partition coefficient (Wildman–Crippen LogP) is 3.77. The smallest absolute Gasteiger partial charge is 0.325 e. The molecule has 0 rings (SSSR count). The van der Waals surface area contributed by atoms with Crippen LogP contribution >= 0.6 is 0 Å². The van der Waals surface area contributed by atoms with Crippen LogP contribution in [-0.2, 0) is 33.9 Å². The van der Waals surface area contributed by atoms with E-state index in [0.29, 0.717) is 6.42 Å². The van der Waals surface area contributed by atoms with E-state index in [2.05, 4.69) is 0 Å². The van der Waals surface area contributed by atoms with Gasteiger partial charge in [0.2, 0.25) is 0 Å². The number of carbonyl (C=O) groups is 2. The van der Waals surface area contributed by atoms with E-state index in [-0.39, 0.29) is 31.9 Å². The Kier molecular flexibility index (Phi) is 18.3. The summed E-state index contributed by atoms with van der Waals surface area (Å²) in [6.45, 7) is 5.38. The number of carboxylic acids is 1. The molecule has 0 radical (unpaired) electrons. The van der Waals surface area contributed by atoms with E-state index >= 15 is 0 Å². The second-order valence-electron chi connectivity index (χ2n) is 5.30. The van der Waals surface area contributed by atoms with Crippen LogP contribution in [0.3, 0.4) is 0 Å². The first kappa shape index (κ1) is 23.8. The van der Waals surface area contributed by atoms with Gasteiger partial charge in [-0.2, -0.15) is 0 Å². The third kappa shape index (κ3) is 15.9. The van der Waals surface area contributed by atoms with Crippen LogP contribution in [0.15, 0.2) is 0 Å². The van der Waals surface area contributed by atoms with Crippen LogP contribution in [0.1, 0.15) is 78.1 Å². The topological polar surface area (TPSA) is 66.8 Å². The number of hydroxylamine groups is 2. The van der Waals surface area contributed by atoms with Crippen molar-refractivity contribution in [3.05, 3.63) is 0 Å². The molecule has 5 nitrogen and oxygen atoms in total. The molecule has 0 aliphatic rings. The first-order valence-electron chi connectivity index (χ1n) is 8.27. The Morgan fingerprint density at radius 2 is 1.23 bits per heavy atom. The molecule has 0 aromatic rings. The zero-order chi connectivity index (χ0) is 15.9. The van der Waals surface area contributed by atoms with Gasteiger partial charge in [0.15, 0.2) is 0 Å². The normalized spacial score (nSPS) is 10.3. The van der Waals surface area contributed by atoms with E-state index in [9.17, 15) is 9.59 Å². The molecule has 1 N–H and O–H groups in total. The SMILES string of the molecule is CCN(CC)OC(=O)CCCCCCCCCCC(=O)O.[Zn]. The molecule has 0 unspecified atom stereocenters. The van der Waals surface area contributed by atoms with Gasteiger partial charge in [-0.05, 0) is 26.7 Å². The summed E-state index contributed by atoms with van der Waals surface area (Å²) < 4.78 is 0. The summed E-state index contributed by atoms with van der Waals surface area (Å²) in [5, 5.41) is 10.2. The number of aliphatic carboxylic acids is 1. The molecule has 126 valence electrons. The molecule has 0 atom stereocenters. The number of carboxylic acid groups (broad SMARTS) is 1. The summed E-state index contributed by atoms with van der Waals surface area (Å²) in [6.07, 6.45) is 9.08. The summed E-state index contributed by atoms with van der Waals surface area (Å²) in [5.74, 6) is -0.834. The van der Waals surface area contributed by atoms with Crippen molar-refractivity contribution in [2.24, 2.45) is 0 Å². The van der Waals surface area contributed by atoms with Gasteiger partial charge in [-0.3, -0.25) is 9.59 Å². The van der Waals surface area contributed by atoms with Crippen molar-refractivity contribution in [1.29, 1.82) is 0 Å². The molecule has 0 bridgehead atoms. The summed E-state index contributed by atoms with van der Waals surface area (Å²) in [7, 11) is 0. The molecule has 0 spiro atoms. The second kappa shape index (κ2) is 16.9. The van der Waals surface area contributed by atoms with Crippen LogP contribution in [0.4, 0.5) is 0 Å². The molecule has 0 fully saturated rings. The minimum Gasteiger partial charge on any atom is -0.481 e. The van der Waals surface area contributed by atoms with Gasteiger partial charge in [-0.1, -0.05) is 38.5 Å². The molecule has 0 heterocycles. The zero-order valence-corrected chi connectivity index (χ0v) is 17.3. The second-order valence-corrected chi connectivity index (χ2v) is 5.30. The van der Waals surface area contributed by atoms with Gasteiger partial charge in [0.05, 0.1) is 0 Å². The van der Waals surface area contributed by atoms with Crippen LogP contribution in [0.5, 0.6) is 0 Å². The molecule has 0 aliphatic heterocycles. The van der Waals surface area contributed by atoms with E-state index < -0.39 is 5.97 Å². The molecular weight excluding hydrogens is 336 g/mol. The van der Waals surface area contributed by atoms with E-state index in [1.54, 1.807) is 5.06 Å². The molecule has 0 saturated heterocycles. The molecule has 22 heavy (non-hydrogen) atoms. The maximum atomic E-state index is 11.5.